The Labute approximate surface area is 161 Å². The Balaban J connectivity index is 1.78. The number of carbonyl (C=O) groups excluding carboxylic acids is 2. The van der Waals surface area contributed by atoms with Crippen LogP contribution in [0.15, 0.2) is 24.3 Å². The molecule has 1 aliphatic rings. The van der Waals surface area contributed by atoms with E-state index in [1.165, 1.54) is 13.2 Å². The number of carbonyl (C=O) groups is 2. The monoisotopic (exact) mass is 378 g/mol. The fraction of sp³-hybridized carbons (Fsp3) is 0.619. The number of likely N-dealkylation sites (tertiary alicyclic amines) is 1. The van der Waals surface area contributed by atoms with E-state index in [9.17, 15) is 14.0 Å². The molecule has 1 amide bonds. The minimum Gasteiger partial charge on any atom is -0.467 e. The summed E-state index contributed by atoms with van der Waals surface area (Å²) >= 11 is 0. The number of benzene rings is 1. The molecule has 27 heavy (non-hydrogen) atoms. The van der Waals surface area contributed by atoms with Crippen LogP contribution in [0.5, 0.6) is 0 Å². The first-order valence-electron chi connectivity index (χ1n) is 9.76. The minimum absolute atomic E-state index is 0.0263. The number of piperidine rings is 1. The summed E-state index contributed by atoms with van der Waals surface area (Å²) in [5, 5.41) is 2.83. The van der Waals surface area contributed by atoms with E-state index < -0.39 is 12.0 Å². The smallest absolute Gasteiger partial charge is 0.328 e. The molecule has 1 N–H and O–H groups in total. The lowest BCUT2D eigenvalue weighted by molar-refractivity contribution is -0.146. The molecule has 1 aliphatic heterocycles. The van der Waals surface area contributed by atoms with Crippen LogP contribution in [0.4, 0.5) is 4.39 Å². The van der Waals surface area contributed by atoms with Crippen molar-refractivity contribution in [2.75, 3.05) is 26.7 Å². The Morgan fingerprint density at radius 3 is 2.63 bits per heavy atom. The van der Waals surface area contributed by atoms with Crippen molar-refractivity contribution in [2.45, 2.75) is 45.6 Å². The highest BCUT2D eigenvalue weighted by Gasteiger charge is 2.28. The van der Waals surface area contributed by atoms with Crippen LogP contribution in [0.2, 0.25) is 0 Å². The van der Waals surface area contributed by atoms with Gasteiger partial charge in [-0.1, -0.05) is 32.4 Å². The summed E-state index contributed by atoms with van der Waals surface area (Å²) in [7, 11) is 1.34. The summed E-state index contributed by atoms with van der Waals surface area (Å²) in [5.74, 6) is -0.198. The fourth-order valence-corrected chi connectivity index (χ4v) is 3.56. The normalized spacial score (nSPS) is 17.9. The summed E-state index contributed by atoms with van der Waals surface area (Å²) in [4.78, 5) is 26.4. The maximum Gasteiger partial charge on any atom is 0.328 e. The van der Waals surface area contributed by atoms with Crippen molar-refractivity contribution in [3.05, 3.63) is 35.6 Å². The van der Waals surface area contributed by atoms with E-state index in [1.54, 1.807) is 12.1 Å². The van der Waals surface area contributed by atoms with Crippen LogP contribution in [0.25, 0.3) is 0 Å². The minimum atomic E-state index is -0.599. The molecule has 1 fully saturated rings. The average Bonchev–Trinajstić information content (AvgIpc) is 2.66. The predicted molar refractivity (Wildman–Crippen MR) is 103 cm³/mol. The molecule has 5 nitrogen and oxygen atoms in total. The molecule has 0 bridgehead atoms. The fourth-order valence-electron chi connectivity index (χ4n) is 3.56. The Morgan fingerprint density at radius 2 is 2.04 bits per heavy atom. The lowest BCUT2D eigenvalue weighted by Gasteiger charge is -2.32. The van der Waals surface area contributed by atoms with Crippen molar-refractivity contribution in [1.29, 1.82) is 0 Å². The Bertz CT molecular complexity index is 630. The first kappa shape index (κ1) is 21.4. The van der Waals surface area contributed by atoms with Gasteiger partial charge in [0.05, 0.1) is 13.7 Å². The molecule has 1 aromatic rings. The van der Waals surface area contributed by atoms with Crippen LogP contribution in [0.3, 0.4) is 0 Å². The number of hydrogen-bond acceptors (Lipinski definition) is 4. The first-order valence-corrected chi connectivity index (χ1v) is 9.76. The molecule has 0 radical (unpaired) electrons. The van der Waals surface area contributed by atoms with Gasteiger partial charge in [0.2, 0.25) is 5.91 Å². The van der Waals surface area contributed by atoms with Crippen LogP contribution >= 0.6 is 0 Å². The topological polar surface area (TPSA) is 58.6 Å². The average molecular weight is 378 g/mol. The second-order valence-electron chi connectivity index (χ2n) is 7.51. The number of hydrogen-bond donors (Lipinski definition) is 1. The van der Waals surface area contributed by atoms with E-state index in [4.69, 9.17) is 4.74 Å². The number of amides is 1. The molecule has 0 aliphatic carbocycles. The summed E-state index contributed by atoms with van der Waals surface area (Å²) in [6, 6.07) is 6.18. The lowest BCUT2D eigenvalue weighted by Crippen LogP contribution is -2.50. The van der Waals surface area contributed by atoms with Gasteiger partial charge in [-0.3, -0.25) is 9.69 Å². The molecular formula is C21H31FN2O3. The molecule has 6 heteroatoms. The number of halogens is 1. The molecule has 0 saturated carbocycles. The summed E-state index contributed by atoms with van der Waals surface area (Å²) in [6.45, 7) is 5.87. The molecule has 0 spiro atoms. The molecule has 1 heterocycles. The van der Waals surface area contributed by atoms with E-state index in [1.807, 2.05) is 19.9 Å². The number of rotatable bonds is 8. The molecule has 1 aromatic carbocycles. The predicted octanol–water partition coefficient (Wildman–Crippen LogP) is 2.78. The van der Waals surface area contributed by atoms with Gasteiger partial charge < -0.3 is 10.1 Å². The van der Waals surface area contributed by atoms with Gasteiger partial charge in [-0.2, -0.15) is 0 Å². The van der Waals surface area contributed by atoms with Gasteiger partial charge in [-0.25, -0.2) is 9.18 Å². The zero-order valence-corrected chi connectivity index (χ0v) is 16.5. The van der Waals surface area contributed by atoms with Crippen LogP contribution in [0, 0.1) is 17.7 Å². The molecule has 2 unspecified atom stereocenters. The Morgan fingerprint density at radius 1 is 1.33 bits per heavy atom. The second kappa shape index (κ2) is 10.4. The second-order valence-corrected chi connectivity index (χ2v) is 7.51. The van der Waals surface area contributed by atoms with Crippen molar-refractivity contribution >= 4 is 11.9 Å². The Kier molecular flexibility index (Phi) is 8.23. The maximum atomic E-state index is 13.3. The highest BCUT2D eigenvalue weighted by Crippen LogP contribution is 2.22. The summed E-state index contributed by atoms with van der Waals surface area (Å²) in [5.41, 5.74) is 1.03. The van der Waals surface area contributed by atoms with Crippen molar-refractivity contribution in [3.63, 3.8) is 0 Å². The van der Waals surface area contributed by atoms with Gasteiger partial charge in [0.1, 0.15) is 11.9 Å². The van der Waals surface area contributed by atoms with Gasteiger partial charge in [0.25, 0.3) is 0 Å². The quantitative estimate of drug-likeness (QED) is 0.707. The molecule has 150 valence electrons. The van der Waals surface area contributed by atoms with Gasteiger partial charge in [0, 0.05) is 0 Å². The third-order valence-electron chi connectivity index (χ3n) is 5.47. The highest BCUT2D eigenvalue weighted by atomic mass is 19.1. The zero-order chi connectivity index (χ0) is 19.8. The van der Waals surface area contributed by atoms with E-state index >= 15 is 0 Å². The molecular weight excluding hydrogens is 347 g/mol. The van der Waals surface area contributed by atoms with Crippen molar-refractivity contribution < 1.29 is 18.7 Å². The molecule has 1 saturated heterocycles. The first-order chi connectivity index (χ1) is 12.9. The van der Waals surface area contributed by atoms with Crippen LogP contribution in [-0.4, -0.2) is 49.6 Å². The van der Waals surface area contributed by atoms with Crippen molar-refractivity contribution in [1.82, 2.24) is 10.2 Å². The third kappa shape index (κ3) is 6.61. The highest BCUT2D eigenvalue weighted by molar-refractivity contribution is 5.85. The lowest BCUT2D eigenvalue weighted by atomic mass is 9.90. The SMILES string of the molecule is CCC(C)C(NC(=O)CN1CCC(Cc2cccc(F)c2)CC1)C(=O)OC. The number of nitrogens with zero attached hydrogens (tertiary/aromatic N) is 1. The van der Waals surface area contributed by atoms with Crippen molar-refractivity contribution in [2.24, 2.45) is 11.8 Å². The number of methoxy groups -OCH3 is 1. The van der Waals surface area contributed by atoms with Crippen molar-refractivity contribution in [3.8, 4) is 0 Å². The molecule has 2 rings (SSSR count). The zero-order valence-electron chi connectivity index (χ0n) is 16.5. The molecule has 2 atom stereocenters. The van der Waals surface area contributed by atoms with E-state index in [-0.39, 0.29) is 24.2 Å². The van der Waals surface area contributed by atoms with Crippen LogP contribution in [0.1, 0.15) is 38.7 Å². The number of esters is 1. The summed E-state index contributed by atoms with van der Waals surface area (Å²) < 4.78 is 18.1. The number of ether oxygens (including phenoxy) is 1. The van der Waals surface area contributed by atoms with Gasteiger partial charge >= 0.3 is 5.97 Å². The Hall–Kier alpha value is -1.95. The van der Waals surface area contributed by atoms with Crippen LogP contribution in [-0.2, 0) is 20.7 Å². The maximum absolute atomic E-state index is 13.3. The van der Waals surface area contributed by atoms with Gasteiger partial charge in [-0.05, 0) is 61.9 Å². The van der Waals surface area contributed by atoms with Crippen LogP contribution < -0.4 is 5.32 Å². The van der Waals surface area contributed by atoms with Gasteiger partial charge in [0.15, 0.2) is 0 Å². The third-order valence-corrected chi connectivity index (χ3v) is 5.47. The number of nitrogens with one attached hydrogen (secondary N) is 1. The van der Waals surface area contributed by atoms with Gasteiger partial charge in [-0.15, -0.1) is 0 Å². The van der Waals surface area contributed by atoms with E-state index in [2.05, 4.69) is 10.2 Å². The van der Waals surface area contributed by atoms with E-state index in [0.29, 0.717) is 5.92 Å². The standard InChI is InChI=1S/C21H31FN2O3/c1-4-15(2)20(21(26)27-3)23-19(25)14-24-10-8-16(9-11-24)12-17-6-5-7-18(22)13-17/h5-7,13,15-16,20H,4,8-12,14H2,1-3H3,(H,23,25). The largest absolute Gasteiger partial charge is 0.467 e. The molecule has 0 aromatic heterocycles. The van der Waals surface area contributed by atoms with E-state index in [0.717, 1.165) is 44.3 Å². The summed E-state index contributed by atoms with van der Waals surface area (Å²) in [6.07, 6.45) is 3.62.